The number of nitrogens with one attached hydrogen (secondary N) is 1. The van der Waals surface area contributed by atoms with Crippen LogP contribution in [-0.4, -0.2) is 85.1 Å². The number of amides is 2. The van der Waals surface area contributed by atoms with Crippen LogP contribution in [0, 0.1) is 5.92 Å². The second-order valence-electron chi connectivity index (χ2n) is 10.7. The van der Waals surface area contributed by atoms with Gasteiger partial charge < -0.3 is 15.3 Å². The highest BCUT2D eigenvalue weighted by Crippen LogP contribution is 2.40. The molecule has 2 amide bonds. The van der Waals surface area contributed by atoms with Crippen molar-refractivity contribution in [2.75, 3.05) is 26.2 Å². The Morgan fingerprint density at radius 3 is 2.49 bits per heavy atom. The molecule has 0 bridgehead atoms. The molecule has 2 N–H and O–H groups in total. The Morgan fingerprint density at radius 1 is 1.22 bits per heavy atom. The van der Waals surface area contributed by atoms with Gasteiger partial charge in [-0.15, -0.1) is 0 Å². The minimum absolute atomic E-state index is 0.0132. The molecular formula is C25H32F2N6O4. The van der Waals surface area contributed by atoms with Crippen LogP contribution in [0.1, 0.15) is 55.5 Å². The van der Waals surface area contributed by atoms with E-state index in [9.17, 15) is 28.3 Å². The van der Waals surface area contributed by atoms with Crippen LogP contribution < -0.4 is 10.9 Å². The van der Waals surface area contributed by atoms with Crippen LogP contribution in [0.3, 0.4) is 0 Å². The van der Waals surface area contributed by atoms with Gasteiger partial charge in [-0.2, -0.15) is 9.61 Å². The summed E-state index contributed by atoms with van der Waals surface area (Å²) in [4.78, 5) is 42.5. The molecule has 3 fully saturated rings. The highest BCUT2D eigenvalue weighted by atomic mass is 19.3. The molecule has 5 rings (SSSR count). The minimum Gasteiger partial charge on any atom is -0.492 e. The van der Waals surface area contributed by atoms with Crippen molar-refractivity contribution < 1.29 is 23.5 Å². The Kier molecular flexibility index (Phi) is 6.55. The zero-order valence-corrected chi connectivity index (χ0v) is 21.0. The van der Waals surface area contributed by atoms with Crippen molar-refractivity contribution in [3.8, 4) is 5.88 Å². The Labute approximate surface area is 212 Å². The molecule has 1 aliphatic heterocycles. The van der Waals surface area contributed by atoms with Crippen LogP contribution in [-0.2, 0) is 11.3 Å². The van der Waals surface area contributed by atoms with Gasteiger partial charge in [0.25, 0.3) is 17.4 Å². The van der Waals surface area contributed by atoms with E-state index in [2.05, 4.69) is 10.4 Å². The fourth-order valence-corrected chi connectivity index (χ4v) is 5.01. The van der Waals surface area contributed by atoms with Crippen LogP contribution in [0.5, 0.6) is 5.88 Å². The lowest BCUT2D eigenvalue weighted by molar-refractivity contribution is -0.139. The monoisotopic (exact) mass is 518 g/mol. The lowest BCUT2D eigenvalue weighted by Crippen LogP contribution is -2.57. The van der Waals surface area contributed by atoms with Crippen LogP contribution in [0.25, 0.3) is 11.7 Å². The fourth-order valence-electron chi connectivity index (χ4n) is 5.01. The van der Waals surface area contributed by atoms with Gasteiger partial charge in [0.05, 0.1) is 6.20 Å². The third kappa shape index (κ3) is 5.11. The van der Waals surface area contributed by atoms with Gasteiger partial charge in [0.2, 0.25) is 11.8 Å². The Balaban J connectivity index is 1.36. The zero-order valence-electron chi connectivity index (χ0n) is 21.0. The number of rotatable bonds is 7. The molecule has 3 aliphatic rings. The first-order valence-electron chi connectivity index (χ1n) is 12.8. The average molecular weight is 519 g/mol. The molecular weight excluding hydrogens is 486 g/mol. The van der Waals surface area contributed by atoms with Crippen molar-refractivity contribution in [3.63, 3.8) is 0 Å². The molecule has 2 aromatic heterocycles. The number of carbonyl (C=O) groups is 2. The number of nitrogens with zero attached hydrogens (tertiary/aromatic N) is 5. The van der Waals surface area contributed by atoms with E-state index in [1.54, 1.807) is 11.0 Å². The SMILES string of the molecule is CC(C)Cn1c(=O)c(C(=O)NC2CC2)c(O)n2ncc(/C=C/C(=O)N3CCN(C4CC(F)(F)C4)CC3)c12. The van der Waals surface area contributed by atoms with Crippen molar-refractivity contribution in [1.29, 1.82) is 0 Å². The Morgan fingerprint density at radius 2 is 1.89 bits per heavy atom. The van der Waals surface area contributed by atoms with Crippen molar-refractivity contribution in [1.82, 2.24) is 29.3 Å². The molecule has 37 heavy (non-hydrogen) atoms. The van der Waals surface area contributed by atoms with Gasteiger partial charge in [-0.1, -0.05) is 13.8 Å². The summed E-state index contributed by atoms with van der Waals surface area (Å²) in [6, 6.07) is -0.109. The van der Waals surface area contributed by atoms with Crippen molar-refractivity contribution in [2.24, 2.45) is 5.92 Å². The molecule has 0 radical (unpaired) electrons. The summed E-state index contributed by atoms with van der Waals surface area (Å²) >= 11 is 0. The maximum atomic E-state index is 13.3. The van der Waals surface area contributed by atoms with Gasteiger partial charge >= 0.3 is 0 Å². The minimum atomic E-state index is -2.57. The number of aromatic nitrogens is 3. The number of alkyl halides is 2. The first-order valence-corrected chi connectivity index (χ1v) is 12.8. The molecule has 0 atom stereocenters. The summed E-state index contributed by atoms with van der Waals surface area (Å²) in [5.41, 5.74) is -0.224. The summed E-state index contributed by atoms with van der Waals surface area (Å²) in [7, 11) is 0. The molecule has 2 aliphatic carbocycles. The van der Waals surface area contributed by atoms with Crippen LogP contribution in [0.4, 0.5) is 8.78 Å². The quantitative estimate of drug-likeness (QED) is 0.540. The van der Waals surface area contributed by atoms with E-state index in [1.807, 2.05) is 18.7 Å². The molecule has 12 heteroatoms. The fraction of sp³-hybridized carbons (Fsp3) is 0.600. The summed E-state index contributed by atoms with van der Waals surface area (Å²) in [5.74, 6) is -3.91. The van der Waals surface area contributed by atoms with Gasteiger partial charge in [0.1, 0.15) is 5.65 Å². The van der Waals surface area contributed by atoms with Crippen molar-refractivity contribution >= 4 is 23.5 Å². The molecule has 0 aromatic carbocycles. The highest BCUT2D eigenvalue weighted by molar-refractivity contribution is 5.97. The number of aromatic hydroxyl groups is 1. The summed E-state index contributed by atoms with van der Waals surface area (Å²) in [6.07, 6.45) is 5.81. The standard InChI is InChI=1S/C25H32F2N6O4/c1-15(2)14-32-22-16(13-28-33(22)24(37)20(23(32)36)21(35)29-17-4-5-17)3-6-19(34)31-9-7-30(8-10-31)18-11-25(26,27)12-18/h3,6,13,15,17-18,37H,4-5,7-12,14H2,1-2H3,(H,29,35)/b6-3+. The second-order valence-corrected chi connectivity index (χ2v) is 10.7. The summed E-state index contributed by atoms with van der Waals surface area (Å²) in [6.45, 7) is 6.12. The van der Waals surface area contributed by atoms with E-state index in [1.165, 1.54) is 16.8 Å². The normalized spacial score (nSPS) is 20.6. The highest BCUT2D eigenvalue weighted by Gasteiger charge is 2.48. The predicted octanol–water partition coefficient (Wildman–Crippen LogP) is 1.70. The van der Waals surface area contributed by atoms with Crippen LogP contribution in [0.2, 0.25) is 0 Å². The third-order valence-corrected chi connectivity index (χ3v) is 7.21. The Hall–Kier alpha value is -3.28. The van der Waals surface area contributed by atoms with Crippen LogP contribution >= 0.6 is 0 Å². The maximum absolute atomic E-state index is 13.3. The van der Waals surface area contributed by atoms with Gasteiger partial charge in [-0.3, -0.25) is 23.9 Å². The summed E-state index contributed by atoms with van der Waals surface area (Å²) < 4.78 is 29.0. The Bertz CT molecular complexity index is 1300. The van der Waals surface area contributed by atoms with Gasteiger partial charge in [0.15, 0.2) is 5.56 Å². The number of hydrogen-bond acceptors (Lipinski definition) is 6. The van der Waals surface area contributed by atoms with Crippen LogP contribution in [0.15, 0.2) is 17.1 Å². The van der Waals surface area contributed by atoms with Gasteiger partial charge in [-0.05, 0) is 24.8 Å². The molecule has 0 spiro atoms. The molecule has 2 saturated carbocycles. The molecule has 200 valence electrons. The zero-order chi connectivity index (χ0) is 26.5. The number of fused-ring (bicyclic) bond motifs is 1. The first kappa shape index (κ1) is 25.4. The van der Waals surface area contributed by atoms with E-state index in [0.29, 0.717) is 37.4 Å². The topological polar surface area (TPSA) is 112 Å². The first-order chi connectivity index (χ1) is 17.5. The van der Waals surface area contributed by atoms with Crippen molar-refractivity contribution in [2.45, 2.75) is 64.1 Å². The van der Waals surface area contributed by atoms with Crippen molar-refractivity contribution in [3.05, 3.63) is 33.8 Å². The molecule has 1 saturated heterocycles. The molecule has 10 nitrogen and oxygen atoms in total. The lowest BCUT2D eigenvalue weighted by Gasteiger charge is -2.46. The van der Waals surface area contributed by atoms with Gasteiger partial charge in [0, 0.05) is 69.3 Å². The summed E-state index contributed by atoms with van der Waals surface area (Å²) in [5, 5.41) is 17.7. The number of piperazine rings is 1. The maximum Gasteiger partial charge on any atom is 0.270 e. The van der Waals surface area contributed by atoms with Gasteiger partial charge in [-0.25, -0.2) is 8.78 Å². The predicted molar refractivity (Wildman–Crippen MR) is 132 cm³/mol. The number of hydrogen-bond donors (Lipinski definition) is 2. The number of halogens is 2. The number of carbonyl (C=O) groups excluding carboxylic acids is 2. The molecule has 0 unspecified atom stereocenters. The van der Waals surface area contributed by atoms with E-state index in [4.69, 9.17) is 0 Å². The molecule has 3 heterocycles. The molecule has 2 aromatic rings. The lowest BCUT2D eigenvalue weighted by atomic mass is 9.86. The second kappa shape index (κ2) is 9.55. The third-order valence-electron chi connectivity index (χ3n) is 7.21. The average Bonchev–Trinajstić information content (AvgIpc) is 3.53. The largest absolute Gasteiger partial charge is 0.492 e. The smallest absolute Gasteiger partial charge is 0.270 e. The van der Waals surface area contributed by atoms with E-state index >= 15 is 0 Å². The van der Waals surface area contributed by atoms with E-state index in [-0.39, 0.29) is 48.9 Å². The van der Waals surface area contributed by atoms with E-state index in [0.717, 1.165) is 17.4 Å². The van der Waals surface area contributed by atoms with E-state index < -0.39 is 23.3 Å².